The molecule has 1 rings (SSSR count). The molecule has 0 aromatic heterocycles. The zero-order valence-corrected chi connectivity index (χ0v) is 10.6. The van der Waals surface area contributed by atoms with E-state index in [-0.39, 0.29) is 12.1 Å². The quantitative estimate of drug-likeness (QED) is 0.658. The van der Waals surface area contributed by atoms with Crippen LogP contribution >= 0.6 is 0 Å². The molecule has 108 valence electrons. The summed E-state index contributed by atoms with van der Waals surface area (Å²) in [6.45, 7) is 1.70. The number of aliphatic imine (C=N–C) groups is 1. The predicted molar refractivity (Wildman–Crippen MR) is 69.7 cm³/mol. The third kappa shape index (κ3) is 4.75. The van der Waals surface area contributed by atoms with Gasteiger partial charge in [-0.05, 0) is 25.1 Å². The number of phenolic OH excluding ortho intramolecular Hbond substituents is 1. The molecule has 20 heavy (non-hydrogen) atoms. The second-order valence-electron chi connectivity index (χ2n) is 3.77. The first-order valence-corrected chi connectivity index (χ1v) is 5.67. The molecule has 0 unspecified atom stereocenters. The first-order chi connectivity index (χ1) is 9.34. The van der Waals surface area contributed by atoms with Gasteiger partial charge in [0.05, 0.1) is 11.3 Å². The number of aromatic hydroxyl groups is 1. The number of anilines is 1. The van der Waals surface area contributed by atoms with Gasteiger partial charge in [-0.15, -0.1) is 0 Å². The van der Waals surface area contributed by atoms with E-state index in [4.69, 9.17) is 0 Å². The highest BCUT2D eigenvalue weighted by Crippen LogP contribution is 2.34. The van der Waals surface area contributed by atoms with Crippen molar-refractivity contribution in [3.8, 4) is 5.75 Å². The average Bonchev–Trinajstić information content (AvgIpc) is 2.36. The Morgan fingerprint density at radius 3 is 2.75 bits per heavy atom. The van der Waals surface area contributed by atoms with Crippen LogP contribution in [0.15, 0.2) is 35.5 Å². The van der Waals surface area contributed by atoms with E-state index in [2.05, 4.69) is 10.3 Å². The monoisotopic (exact) mass is 286 g/mol. The lowest BCUT2D eigenvalue weighted by atomic mass is 10.1. The number of nitrogens with zero attached hydrogens (tertiary/aromatic N) is 1. The van der Waals surface area contributed by atoms with Gasteiger partial charge in [0.25, 0.3) is 0 Å². The summed E-state index contributed by atoms with van der Waals surface area (Å²) in [6, 6.07) is 2.30. The summed E-state index contributed by atoms with van der Waals surface area (Å²) in [6.07, 6.45) is -0.242. The van der Waals surface area contributed by atoms with Crippen LogP contribution in [-0.2, 0) is 11.0 Å². The van der Waals surface area contributed by atoms with Crippen molar-refractivity contribution in [1.82, 2.24) is 0 Å². The van der Waals surface area contributed by atoms with Crippen LogP contribution in [0.25, 0.3) is 0 Å². The van der Waals surface area contributed by atoms with E-state index in [0.29, 0.717) is 6.07 Å². The van der Waals surface area contributed by atoms with Crippen molar-refractivity contribution in [2.75, 3.05) is 5.32 Å². The smallest absolute Gasteiger partial charge is 0.416 e. The SMILES string of the molecule is CC=N/C=C\CC(=O)Nc1cc(C(F)(F)F)ccc1O. The van der Waals surface area contributed by atoms with Crippen molar-refractivity contribution in [3.05, 3.63) is 36.0 Å². The van der Waals surface area contributed by atoms with Gasteiger partial charge in [0, 0.05) is 18.8 Å². The lowest BCUT2D eigenvalue weighted by Crippen LogP contribution is -2.12. The number of phenols is 1. The molecule has 7 heteroatoms. The van der Waals surface area contributed by atoms with E-state index in [1.807, 2.05) is 0 Å². The number of halogens is 3. The molecule has 0 bridgehead atoms. The van der Waals surface area contributed by atoms with Crippen LogP contribution in [0.1, 0.15) is 18.9 Å². The molecule has 0 saturated heterocycles. The topological polar surface area (TPSA) is 61.7 Å². The lowest BCUT2D eigenvalue weighted by molar-refractivity contribution is -0.137. The fraction of sp³-hybridized carbons (Fsp3) is 0.231. The molecule has 0 radical (unpaired) electrons. The largest absolute Gasteiger partial charge is 0.506 e. The normalized spacial score (nSPS) is 12.2. The molecule has 1 aromatic rings. The second-order valence-corrected chi connectivity index (χ2v) is 3.77. The zero-order chi connectivity index (χ0) is 15.2. The molecule has 0 saturated carbocycles. The number of hydrogen-bond donors (Lipinski definition) is 2. The summed E-state index contributed by atoms with van der Waals surface area (Å²) < 4.78 is 37.5. The fourth-order valence-corrected chi connectivity index (χ4v) is 1.32. The first kappa shape index (κ1) is 15.7. The van der Waals surface area contributed by atoms with Gasteiger partial charge in [-0.1, -0.05) is 6.08 Å². The Balaban J connectivity index is 2.79. The Morgan fingerprint density at radius 1 is 1.45 bits per heavy atom. The minimum Gasteiger partial charge on any atom is -0.506 e. The van der Waals surface area contributed by atoms with Crippen LogP contribution in [0.5, 0.6) is 5.75 Å². The molecule has 0 aliphatic carbocycles. The molecule has 0 fully saturated rings. The number of alkyl halides is 3. The Bertz CT molecular complexity index is 537. The van der Waals surface area contributed by atoms with Crippen molar-refractivity contribution in [2.45, 2.75) is 19.5 Å². The number of amides is 1. The maximum Gasteiger partial charge on any atom is 0.416 e. The van der Waals surface area contributed by atoms with Crippen molar-refractivity contribution in [1.29, 1.82) is 0 Å². The van der Waals surface area contributed by atoms with Crippen LogP contribution in [0.2, 0.25) is 0 Å². The molecule has 0 aliphatic rings. The summed E-state index contributed by atoms with van der Waals surface area (Å²) in [5.41, 5.74) is -1.23. The number of benzene rings is 1. The highest BCUT2D eigenvalue weighted by molar-refractivity contribution is 5.93. The summed E-state index contributed by atoms with van der Waals surface area (Å²) in [5.74, 6) is -0.982. The summed E-state index contributed by atoms with van der Waals surface area (Å²) >= 11 is 0. The molecule has 4 nitrogen and oxygen atoms in total. The maximum atomic E-state index is 12.5. The Hall–Kier alpha value is -2.31. The molecule has 0 spiro atoms. The van der Waals surface area contributed by atoms with Gasteiger partial charge in [0.2, 0.25) is 5.91 Å². The molecule has 0 atom stereocenters. The minimum absolute atomic E-state index is 0.0625. The molecule has 1 amide bonds. The van der Waals surface area contributed by atoms with Crippen LogP contribution in [0.4, 0.5) is 18.9 Å². The van der Waals surface area contributed by atoms with E-state index in [0.717, 1.165) is 12.1 Å². The molecule has 0 heterocycles. The molecule has 0 aliphatic heterocycles. The third-order valence-electron chi connectivity index (χ3n) is 2.24. The van der Waals surface area contributed by atoms with E-state index < -0.39 is 23.4 Å². The molecular weight excluding hydrogens is 273 g/mol. The summed E-state index contributed by atoms with van der Waals surface area (Å²) in [4.78, 5) is 15.2. The number of nitrogens with one attached hydrogen (secondary N) is 1. The molecule has 1 aromatic carbocycles. The average molecular weight is 286 g/mol. The maximum absolute atomic E-state index is 12.5. The van der Waals surface area contributed by atoms with Crippen LogP contribution in [0, 0.1) is 0 Å². The van der Waals surface area contributed by atoms with Crippen LogP contribution < -0.4 is 5.32 Å². The lowest BCUT2D eigenvalue weighted by Gasteiger charge is -2.11. The van der Waals surface area contributed by atoms with E-state index in [1.165, 1.54) is 18.5 Å². The molecule has 2 N–H and O–H groups in total. The van der Waals surface area contributed by atoms with E-state index in [1.54, 1.807) is 6.92 Å². The number of carbonyl (C=O) groups excluding carboxylic acids is 1. The minimum atomic E-state index is -4.54. The van der Waals surface area contributed by atoms with Gasteiger partial charge in [0.1, 0.15) is 5.75 Å². The van der Waals surface area contributed by atoms with Gasteiger partial charge >= 0.3 is 6.18 Å². The van der Waals surface area contributed by atoms with Crippen molar-refractivity contribution >= 4 is 17.8 Å². The van der Waals surface area contributed by atoms with Crippen LogP contribution in [0.3, 0.4) is 0 Å². The Morgan fingerprint density at radius 2 is 2.15 bits per heavy atom. The Labute approximate surface area is 113 Å². The fourth-order valence-electron chi connectivity index (χ4n) is 1.32. The number of rotatable bonds is 4. The van der Waals surface area contributed by atoms with Gasteiger partial charge in [-0.3, -0.25) is 9.79 Å². The predicted octanol–water partition coefficient (Wildman–Crippen LogP) is 3.34. The Kier molecular flexibility index (Phi) is 5.31. The van der Waals surface area contributed by atoms with Crippen molar-refractivity contribution < 1.29 is 23.1 Å². The third-order valence-corrected chi connectivity index (χ3v) is 2.24. The van der Waals surface area contributed by atoms with E-state index >= 15 is 0 Å². The molecular formula is C13H13F3N2O2. The standard InChI is InChI=1S/C13H13F3N2O2/c1-2-17-7-3-4-12(20)18-10-8-9(13(14,15)16)5-6-11(10)19/h2-3,5-8,19H,4H2,1H3,(H,18,20)/b7-3-,17-2?. The summed E-state index contributed by atoms with van der Waals surface area (Å²) in [7, 11) is 0. The number of hydrogen-bond acceptors (Lipinski definition) is 3. The van der Waals surface area contributed by atoms with Crippen LogP contribution in [-0.4, -0.2) is 17.2 Å². The first-order valence-electron chi connectivity index (χ1n) is 5.67. The van der Waals surface area contributed by atoms with Gasteiger partial charge in [-0.25, -0.2) is 0 Å². The van der Waals surface area contributed by atoms with Gasteiger partial charge in [0.15, 0.2) is 0 Å². The van der Waals surface area contributed by atoms with Gasteiger partial charge in [-0.2, -0.15) is 13.2 Å². The zero-order valence-electron chi connectivity index (χ0n) is 10.6. The van der Waals surface area contributed by atoms with E-state index in [9.17, 15) is 23.1 Å². The van der Waals surface area contributed by atoms with Gasteiger partial charge < -0.3 is 10.4 Å². The van der Waals surface area contributed by atoms with Crippen molar-refractivity contribution in [3.63, 3.8) is 0 Å². The highest BCUT2D eigenvalue weighted by atomic mass is 19.4. The number of carbonyl (C=O) groups is 1. The highest BCUT2D eigenvalue weighted by Gasteiger charge is 2.31. The summed E-state index contributed by atoms with van der Waals surface area (Å²) in [5, 5.41) is 11.6. The second kappa shape index (κ2) is 6.74. The van der Waals surface area contributed by atoms with Crippen molar-refractivity contribution in [2.24, 2.45) is 4.99 Å².